The Morgan fingerprint density at radius 1 is 1.45 bits per heavy atom. The van der Waals surface area contributed by atoms with Gasteiger partial charge in [-0.3, -0.25) is 11.3 Å². The number of rotatable bonds is 0. The van der Waals surface area contributed by atoms with Gasteiger partial charge >= 0.3 is 30.0 Å². The quantitative estimate of drug-likeness (QED) is 0.537. The van der Waals surface area contributed by atoms with Crippen LogP contribution in [0.25, 0.3) is 0 Å². The average Bonchev–Trinajstić information content (AvgIpc) is 2.55. The molecule has 0 radical (unpaired) electrons. The second-order valence-corrected chi connectivity index (χ2v) is 2.40. The molecule has 0 atom stereocenters. The Bertz CT molecular complexity index is 196. The monoisotopic (exact) mass is 284 g/mol. The zero-order chi connectivity index (χ0) is 8.10. The van der Waals surface area contributed by atoms with Gasteiger partial charge in [0.05, 0.1) is 0 Å². The van der Waals surface area contributed by atoms with Crippen LogP contribution in [0, 0.1) is 5.38 Å². The summed E-state index contributed by atoms with van der Waals surface area (Å²) in [6.45, 7) is 1.32. The maximum Gasteiger partial charge on any atom is 0.118 e. The third kappa shape index (κ3) is 2.43. The molecule has 0 saturated carbocycles. The van der Waals surface area contributed by atoms with Crippen LogP contribution in [0.1, 0.15) is 0 Å². The molecule has 11 heavy (non-hydrogen) atoms. The summed E-state index contributed by atoms with van der Waals surface area (Å²) in [6, 6.07) is 0. The fourth-order valence-electron chi connectivity index (χ4n) is 0.736. The van der Waals surface area contributed by atoms with E-state index in [1.807, 2.05) is 5.38 Å². The predicted octanol–water partition coefficient (Wildman–Crippen LogP) is 2.16. The third-order valence-electron chi connectivity index (χ3n) is 1.13. The van der Waals surface area contributed by atoms with Crippen molar-refractivity contribution in [1.82, 2.24) is 0 Å². The van der Waals surface area contributed by atoms with E-state index in [2.05, 4.69) is 19.0 Å². The number of ether oxygens (including phenoxy) is 2. The van der Waals surface area contributed by atoms with Crippen molar-refractivity contribution in [3.63, 3.8) is 0 Å². The Hall–Kier alpha value is 0.403. The minimum absolute atomic E-state index is 0.653. The van der Waals surface area contributed by atoms with Crippen molar-refractivity contribution in [3.8, 4) is 11.5 Å². The SMILES string of the molecule is [Zn+][Br].[c-]1scc2c1OCCO2. The van der Waals surface area contributed by atoms with Gasteiger partial charge in [-0.15, -0.1) is 5.38 Å². The van der Waals surface area contributed by atoms with E-state index in [1.165, 1.54) is 27.7 Å². The van der Waals surface area contributed by atoms with Crippen molar-refractivity contribution in [1.29, 1.82) is 0 Å². The topological polar surface area (TPSA) is 18.5 Å². The number of hydrogen-bond acceptors (Lipinski definition) is 3. The van der Waals surface area contributed by atoms with E-state index in [0.717, 1.165) is 11.5 Å². The normalized spacial score (nSPS) is 13.4. The van der Waals surface area contributed by atoms with E-state index >= 15 is 0 Å². The van der Waals surface area contributed by atoms with Crippen LogP contribution in [-0.2, 0) is 16.3 Å². The number of hydrogen-bond donors (Lipinski definition) is 0. The zero-order valence-electron chi connectivity index (χ0n) is 5.80. The Balaban J connectivity index is 0.000000281. The molecule has 2 heterocycles. The molecule has 0 aliphatic carbocycles. The van der Waals surface area contributed by atoms with Gasteiger partial charge in [-0.1, -0.05) is 5.38 Å². The van der Waals surface area contributed by atoms with Crippen LogP contribution in [-0.4, -0.2) is 13.2 Å². The molecule has 1 aromatic rings. The molecule has 0 aromatic carbocycles. The van der Waals surface area contributed by atoms with Crippen LogP contribution in [0.4, 0.5) is 0 Å². The first-order valence-electron chi connectivity index (χ1n) is 2.98. The molecule has 2 nitrogen and oxygen atoms in total. The minimum atomic E-state index is 0.653. The first kappa shape index (κ1) is 9.49. The average molecular weight is 286 g/mol. The van der Waals surface area contributed by atoms with Gasteiger partial charge in [-0.05, 0) is 0 Å². The standard InChI is InChI=1S/C6H5O2S.BrH.Zn/c1-2-8-6-4-9-3-5(6)7-1;;/h3H,1-2H2;1H;/q-1;;+2/p-1. The van der Waals surface area contributed by atoms with E-state index in [0.29, 0.717) is 13.2 Å². The maximum atomic E-state index is 5.22. The van der Waals surface area contributed by atoms with Gasteiger partial charge in [0, 0.05) is 11.5 Å². The summed E-state index contributed by atoms with van der Waals surface area (Å²) in [5.74, 6) is 1.61. The smallest absolute Gasteiger partial charge is 0.118 e. The van der Waals surface area contributed by atoms with Crippen molar-refractivity contribution in [2.45, 2.75) is 0 Å². The first-order valence-corrected chi connectivity index (χ1v) is 10.8. The van der Waals surface area contributed by atoms with Crippen LogP contribution in [0.3, 0.4) is 0 Å². The molecule has 1 aliphatic rings. The van der Waals surface area contributed by atoms with E-state index < -0.39 is 0 Å². The molecule has 0 amide bonds. The second kappa shape index (κ2) is 5.12. The van der Waals surface area contributed by atoms with E-state index in [4.69, 9.17) is 9.47 Å². The first-order chi connectivity index (χ1) is 5.47. The summed E-state index contributed by atoms with van der Waals surface area (Å²) in [7, 11) is 0. The summed E-state index contributed by atoms with van der Waals surface area (Å²) < 4.78 is 10.4. The summed E-state index contributed by atoms with van der Waals surface area (Å²) in [6.07, 6.45) is 0. The molecule has 0 unspecified atom stereocenters. The van der Waals surface area contributed by atoms with Gasteiger partial charge in [0.2, 0.25) is 0 Å². The van der Waals surface area contributed by atoms with Gasteiger partial charge in [0.25, 0.3) is 0 Å². The Morgan fingerprint density at radius 2 is 2.18 bits per heavy atom. The van der Waals surface area contributed by atoms with Crippen LogP contribution in [0.2, 0.25) is 0 Å². The molecule has 56 valence electrons. The number of halogens is 1. The molecule has 0 spiro atoms. The van der Waals surface area contributed by atoms with Crippen LogP contribution < -0.4 is 9.47 Å². The molecular formula is C6H5BrO2SZn. The third-order valence-corrected chi connectivity index (χ3v) is 1.76. The molecule has 1 aromatic heterocycles. The molecule has 0 bridgehead atoms. The molecule has 0 saturated heterocycles. The van der Waals surface area contributed by atoms with Crippen LogP contribution in [0.15, 0.2) is 5.38 Å². The minimum Gasteiger partial charge on any atom is -0.555 e. The molecular weight excluding hydrogens is 281 g/mol. The van der Waals surface area contributed by atoms with Crippen LogP contribution in [0.5, 0.6) is 11.5 Å². The number of fused-ring (bicyclic) bond motifs is 1. The van der Waals surface area contributed by atoms with Crippen molar-refractivity contribution in [2.75, 3.05) is 13.2 Å². The van der Waals surface area contributed by atoms with Crippen molar-refractivity contribution >= 4 is 25.0 Å². The largest absolute Gasteiger partial charge is 0.555 e. The zero-order valence-corrected chi connectivity index (χ0v) is 11.2. The van der Waals surface area contributed by atoms with Gasteiger partial charge in [-0.2, -0.15) is 0 Å². The fourth-order valence-corrected chi connectivity index (χ4v) is 1.34. The van der Waals surface area contributed by atoms with Gasteiger partial charge in [0.15, 0.2) is 0 Å². The number of thiophene rings is 1. The predicted molar refractivity (Wildman–Crippen MR) is 43.1 cm³/mol. The van der Waals surface area contributed by atoms with Gasteiger partial charge in [0.1, 0.15) is 13.2 Å². The Morgan fingerprint density at radius 3 is 2.91 bits per heavy atom. The van der Waals surface area contributed by atoms with E-state index in [9.17, 15) is 0 Å². The molecule has 0 N–H and O–H groups in total. The summed E-state index contributed by atoms with van der Waals surface area (Å²) in [5.41, 5.74) is 0. The fraction of sp³-hybridized carbons (Fsp3) is 0.333. The molecule has 1 aliphatic heterocycles. The Labute approximate surface area is 85.9 Å². The van der Waals surface area contributed by atoms with Crippen molar-refractivity contribution in [2.24, 2.45) is 0 Å². The second-order valence-electron chi connectivity index (χ2n) is 1.73. The molecule has 0 fully saturated rings. The van der Waals surface area contributed by atoms with Crippen molar-refractivity contribution in [3.05, 3.63) is 10.8 Å². The maximum absolute atomic E-state index is 5.22. The van der Waals surface area contributed by atoms with E-state index in [1.54, 1.807) is 0 Å². The van der Waals surface area contributed by atoms with Gasteiger partial charge in [-0.25, -0.2) is 0 Å². The summed E-state index contributed by atoms with van der Waals surface area (Å²) in [4.78, 5) is 0. The summed E-state index contributed by atoms with van der Waals surface area (Å²) >= 11 is 5.73. The van der Waals surface area contributed by atoms with Crippen LogP contribution >= 0.6 is 25.0 Å². The Kier molecular flexibility index (Phi) is 4.42. The molecule has 5 heteroatoms. The van der Waals surface area contributed by atoms with E-state index in [-0.39, 0.29) is 0 Å². The van der Waals surface area contributed by atoms with Gasteiger partial charge < -0.3 is 9.47 Å². The van der Waals surface area contributed by atoms with Crippen molar-refractivity contribution < 1.29 is 25.8 Å². The summed E-state index contributed by atoms with van der Waals surface area (Å²) in [5, 5.41) is 4.85. The molecule has 2 rings (SSSR count).